The van der Waals surface area contributed by atoms with Crippen LogP contribution in [0, 0.1) is 0 Å². The van der Waals surface area contributed by atoms with Crippen molar-refractivity contribution in [1.82, 2.24) is 20.3 Å². The molecule has 1 saturated carbocycles. The number of halogens is 1. The normalized spacial score (nSPS) is 19.7. The Morgan fingerprint density at radius 3 is 2.55 bits per heavy atom. The zero-order chi connectivity index (χ0) is 22.0. The molecule has 162 valence electrons. The number of aromatic nitrogens is 3. The predicted molar refractivity (Wildman–Crippen MR) is 118 cm³/mol. The van der Waals surface area contributed by atoms with Crippen LogP contribution >= 0.6 is 11.6 Å². The quantitative estimate of drug-likeness (QED) is 0.436. The number of hydrogen-bond donors (Lipinski definition) is 4. The molecule has 0 spiro atoms. The van der Waals surface area contributed by atoms with Gasteiger partial charge in [-0.15, -0.1) is 0 Å². The fourth-order valence-corrected chi connectivity index (χ4v) is 4.16. The fraction of sp³-hybridized carbons (Fsp3) is 0.364. The van der Waals surface area contributed by atoms with Crippen molar-refractivity contribution >= 4 is 40.1 Å². The van der Waals surface area contributed by atoms with Crippen LogP contribution in [-0.2, 0) is 4.79 Å². The number of anilines is 1. The largest absolute Gasteiger partial charge is 0.384 e. The summed E-state index contributed by atoms with van der Waals surface area (Å²) < 4.78 is 0. The lowest BCUT2D eigenvalue weighted by atomic mass is 9.91. The lowest BCUT2D eigenvalue weighted by Gasteiger charge is -2.30. The Morgan fingerprint density at radius 1 is 1.13 bits per heavy atom. The molecule has 1 aliphatic carbocycles. The van der Waals surface area contributed by atoms with Crippen LogP contribution in [-0.4, -0.2) is 49.9 Å². The van der Waals surface area contributed by atoms with E-state index in [1.54, 1.807) is 30.5 Å². The molecule has 4 rings (SSSR count). The Balaban J connectivity index is 1.52. The molecule has 1 fully saturated rings. The van der Waals surface area contributed by atoms with E-state index in [1.165, 1.54) is 13.3 Å². The Bertz CT molecular complexity index is 1110. The number of benzene rings is 1. The van der Waals surface area contributed by atoms with Gasteiger partial charge in [-0.1, -0.05) is 23.7 Å². The van der Waals surface area contributed by atoms with Crippen molar-refractivity contribution in [3.05, 3.63) is 52.9 Å². The van der Waals surface area contributed by atoms with Gasteiger partial charge in [0.15, 0.2) is 5.78 Å². The van der Waals surface area contributed by atoms with Gasteiger partial charge in [0, 0.05) is 23.8 Å². The van der Waals surface area contributed by atoms with Gasteiger partial charge < -0.3 is 20.7 Å². The van der Waals surface area contributed by atoms with Crippen LogP contribution in [0.5, 0.6) is 0 Å². The van der Waals surface area contributed by atoms with E-state index in [0.717, 1.165) is 25.7 Å². The number of aromatic amines is 1. The molecule has 4 N–H and O–H groups in total. The fourth-order valence-electron chi connectivity index (χ4n) is 3.94. The van der Waals surface area contributed by atoms with Crippen LogP contribution in [0.15, 0.2) is 36.8 Å². The summed E-state index contributed by atoms with van der Waals surface area (Å²) in [5.41, 5.74) is 1.46. The molecule has 1 atom stereocenters. The zero-order valence-electron chi connectivity index (χ0n) is 17.1. The number of aliphatic hydroxyl groups is 1. The van der Waals surface area contributed by atoms with E-state index < -0.39 is 6.10 Å². The van der Waals surface area contributed by atoms with Gasteiger partial charge in [0.25, 0.3) is 0 Å². The molecule has 0 radical (unpaired) electrons. The second kappa shape index (κ2) is 9.03. The molecule has 31 heavy (non-hydrogen) atoms. The number of fused-ring (bicyclic) bond motifs is 1. The molecule has 1 aromatic carbocycles. The maximum Gasteiger partial charge on any atom is 0.248 e. The molecule has 2 heterocycles. The zero-order valence-corrected chi connectivity index (χ0v) is 17.8. The molecule has 0 bridgehead atoms. The third-order valence-electron chi connectivity index (χ3n) is 5.63. The highest BCUT2D eigenvalue weighted by Gasteiger charge is 2.26. The second-order valence-electron chi connectivity index (χ2n) is 7.83. The minimum atomic E-state index is -1.01. The van der Waals surface area contributed by atoms with E-state index in [-0.39, 0.29) is 23.8 Å². The number of carbonyl (C=O) groups is 2. The van der Waals surface area contributed by atoms with Crippen molar-refractivity contribution in [2.75, 3.05) is 5.32 Å². The van der Waals surface area contributed by atoms with Gasteiger partial charge in [-0.3, -0.25) is 9.59 Å². The molecular formula is C22H24ClN5O3. The lowest BCUT2D eigenvalue weighted by Crippen LogP contribution is -2.43. The van der Waals surface area contributed by atoms with Gasteiger partial charge in [-0.2, -0.15) is 0 Å². The first-order valence-electron chi connectivity index (χ1n) is 10.3. The molecule has 8 nitrogen and oxygen atoms in total. The summed E-state index contributed by atoms with van der Waals surface area (Å²) in [5.74, 6) is 0.0568. The van der Waals surface area contributed by atoms with E-state index >= 15 is 0 Å². The topological polar surface area (TPSA) is 120 Å². The van der Waals surface area contributed by atoms with Crippen molar-refractivity contribution < 1.29 is 14.7 Å². The summed E-state index contributed by atoms with van der Waals surface area (Å²) in [6.45, 7) is 1.46. The molecule has 2 aromatic heterocycles. The summed E-state index contributed by atoms with van der Waals surface area (Å²) in [6.07, 6.45) is 5.33. The number of nitrogens with one attached hydrogen (secondary N) is 3. The van der Waals surface area contributed by atoms with Crippen LogP contribution in [0.2, 0.25) is 5.02 Å². The highest BCUT2D eigenvalue weighted by atomic mass is 35.5. The van der Waals surface area contributed by atoms with E-state index in [0.29, 0.717) is 33.0 Å². The number of nitrogens with zero attached hydrogens (tertiary/aromatic N) is 2. The summed E-state index contributed by atoms with van der Waals surface area (Å²) in [6, 6.07) is 7.14. The van der Waals surface area contributed by atoms with Crippen LogP contribution in [0.3, 0.4) is 0 Å². The summed E-state index contributed by atoms with van der Waals surface area (Å²) in [4.78, 5) is 36.5. The first-order chi connectivity index (χ1) is 14.9. The number of H-pyrrole nitrogens is 1. The number of carbonyl (C=O) groups excluding carboxylic acids is 2. The third-order valence-corrected chi connectivity index (χ3v) is 5.96. The Kier molecular flexibility index (Phi) is 6.20. The monoisotopic (exact) mass is 441 g/mol. The molecule has 0 saturated heterocycles. The average molecular weight is 442 g/mol. The molecule has 1 aliphatic rings. The van der Waals surface area contributed by atoms with Crippen molar-refractivity contribution in [3.63, 3.8) is 0 Å². The van der Waals surface area contributed by atoms with Gasteiger partial charge in [-0.05, 0) is 44.7 Å². The smallest absolute Gasteiger partial charge is 0.248 e. The Morgan fingerprint density at radius 2 is 1.84 bits per heavy atom. The number of hydrogen-bond acceptors (Lipinski definition) is 6. The summed E-state index contributed by atoms with van der Waals surface area (Å²) in [7, 11) is 0. The van der Waals surface area contributed by atoms with E-state index in [2.05, 4.69) is 25.6 Å². The van der Waals surface area contributed by atoms with Crippen molar-refractivity contribution in [1.29, 1.82) is 0 Å². The third kappa shape index (κ3) is 4.55. The van der Waals surface area contributed by atoms with E-state index in [1.807, 2.05) is 0 Å². The highest BCUT2D eigenvalue weighted by Crippen LogP contribution is 2.30. The number of amides is 1. The molecular weight excluding hydrogens is 418 g/mol. The van der Waals surface area contributed by atoms with Crippen LogP contribution in [0.4, 0.5) is 5.82 Å². The molecule has 1 unspecified atom stereocenters. The number of rotatable bonds is 6. The highest BCUT2D eigenvalue weighted by molar-refractivity contribution is 6.35. The molecule has 9 heteroatoms. The van der Waals surface area contributed by atoms with Gasteiger partial charge in [0.05, 0.1) is 16.0 Å². The SMILES string of the molecule is CC(O)C(=O)N[C@H]1CC[C@@H](Nc2ncnc3[nH]cc(C(=O)c4ccccc4Cl)c23)CC1. The van der Waals surface area contributed by atoms with Gasteiger partial charge >= 0.3 is 0 Å². The van der Waals surface area contributed by atoms with Crippen molar-refractivity contribution in [3.8, 4) is 0 Å². The minimum absolute atomic E-state index is 0.0511. The maximum atomic E-state index is 13.1. The molecule has 1 amide bonds. The summed E-state index contributed by atoms with van der Waals surface area (Å²) in [5, 5.41) is 16.7. The van der Waals surface area contributed by atoms with Crippen LogP contribution in [0.1, 0.15) is 48.5 Å². The van der Waals surface area contributed by atoms with Crippen molar-refractivity contribution in [2.45, 2.75) is 50.8 Å². The van der Waals surface area contributed by atoms with Crippen molar-refractivity contribution in [2.24, 2.45) is 0 Å². The van der Waals surface area contributed by atoms with E-state index in [9.17, 15) is 14.7 Å². The Labute approximate surface area is 184 Å². The molecule has 0 aliphatic heterocycles. The summed E-state index contributed by atoms with van der Waals surface area (Å²) >= 11 is 6.23. The first kappa shape index (κ1) is 21.3. The Hall–Kier alpha value is -2.97. The standard InChI is InChI=1S/C22H24ClN5O3/c1-12(29)22(31)28-14-8-6-13(7-9-14)27-21-18-16(10-24-20(18)25-11-26-21)19(30)15-4-2-3-5-17(15)23/h2-5,10-14,29H,6-9H2,1H3,(H,28,31)(H2,24,25,26,27)/t12?,13-,14+. The van der Waals surface area contributed by atoms with Gasteiger partial charge in [-0.25, -0.2) is 9.97 Å². The number of ketones is 1. The first-order valence-corrected chi connectivity index (χ1v) is 10.7. The van der Waals surface area contributed by atoms with Gasteiger partial charge in [0.1, 0.15) is 23.9 Å². The lowest BCUT2D eigenvalue weighted by molar-refractivity contribution is -0.129. The van der Waals surface area contributed by atoms with Crippen LogP contribution < -0.4 is 10.6 Å². The predicted octanol–water partition coefficient (Wildman–Crippen LogP) is 3.06. The average Bonchev–Trinajstić information content (AvgIpc) is 3.20. The number of aliphatic hydroxyl groups excluding tert-OH is 1. The minimum Gasteiger partial charge on any atom is -0.384 e. The second-order valence-corrected chi connectivity index (χ2v) is 8.24. The maximum absolute atomic E-state index is 13.1. The van der Waals surface area contributed by atoms with Gasteiger partial charge in [0.2, 0.25) is 5.91 Å². The van der Waals surface area contributed by atoms with Crippen LogP contribution in [0.25, 0.3) is 11.0 Å². The van der Waals surface area contributed by atoms with E-state index in [4.69, 9.17) is 11.6 Å². The molecule has 3 aromatic rings.